The van der Waals surface area contributed by atoms with Gasteiger partial charge in [0.05, 0.1) is 25.9 Å². The van der Waals surface area contributed by atoms with Crippen LogP contribution in [0.3, 0.4) is 0 Å². The second-order valence-corrected chi connectivity index (χ2v) is 6.32. The highest BCUT2D eigenvalue weighted by Gasteiger charge is 2.03. The van der Waals surface area contributed by atoms with E-state index in [1.165, 1.54) is 0 Å². The van der Waals surface area contributed by atoms with E-state index in [4.69, 9.17) is 19.9 Å². The Morgan fingerprint density at radius 2 is 1.83 bits per heavy atom. The van der Waals surface area contributed by atoms with Crippen LogP contribution in [-0.4, -0.2) is 58.4 Å². The highest BCUT2D eigenvalue weighted by Crippen LogP contribution is 2.22. The number of nitrogens with zero attached hydrogens (tertiary/aromatic N) is 2. The van der Waals surface area contributed by atoms with E-state index >= 15 is 0 Å². The molecule has 160 valence electrons. The maximum atomic E-state index is 6.00. The summed E-state index contributed by atoms with van der Waals surface area (Å²) >= 11 is 0. The summed E-state index contributed by atoms with van der Waals surface area (Å²) in [6.07, 6.45) is 0. The molecule has 3 N–H and O–H groups in total. The number of guanidine groups is 1. The molecule has 0 aliphatic carbocycles. The van der Waals surface area contributed by atoms with E-state index in [1.807, 2.05) is 55.6 Å². The molecule has 0 heterocycles. The predicted molar refractivity (Wildman–Crippen MR) is 129 cm³/mol. The van der Waals surface area contributed by atoms with Crippen LogP contribution in [0.2, 0.25) is 0 Å². The molecule has 8 heteroatoms. The van der Waals surface area contributed by atoms with E-state index in [0.29, 0.717) is 31.5 Å². The third kappa shape index (κ3) is 9.33. The average Bonchev–Trinajstić information content (AvgIpc) is 2.71. The summed E-state index contributed by atoms with van der Waals surface area (Å²) in [5, 5.41) is 3.07. The van der Waals surface area contributed by atoms with Gasteiger partial charge in [-0.05, 0) is 36.9 Å². The van der Waals surface area contributed by atoms with E-state index in [1.54, 1.807) is 14.2 Å². The number of nitrogens with two attached hydrogens (primary N) is 1. The summed E-state index contributed by atoms with van der Waals surface area (Å²) in [5.74, 6) is 1.87. The minimum atomic E-state index is 0. The summed E-state index contributed by atoms with van der Waals surface area (Å²) in [5.41, 5.74) is 7.81. The third-order valence-electron chi connectivity index (χ3n) is 4.12. The van der Waals surface area contributed by atoms with Crippen molar-refractivity contribution in [2.45, 2.75) is 6.54 Å². The third-order valence-corrected chi connectivity index (χ3v) is 4.12. The number of halogens is 1. The molecule has 2 rings (SSSR count). The first-order valence-corrected chi connectivity index (χ1v) is 9.21. The molecule has 0 spiro atoms. The van der Waals surface area contributed by atoms with Crippen molar-refractivity contribution in [2.24, 2.45) is 10.7 Å². The van der Waals surface area contributed by atoms with Gasteiger partial charge < -0.3 is 30.2 Å². The number of nitrogens with one attached hydrogen (secondary N) is 1. The molecular formula is C21H31IN4O3. The van der Waals surface area contributed by atoms with Crippen molar-refractivity contribution >= 4 is 35.6 Å². The zero-order chi connectivity index (χ0) is 20.2. The van der Waals surface area contributed by atoms with Gasteiger partial charge >= 0.3 is 0 Å². The zero-order valence-corrected chi connectivity index (χ0v) is 19.6. The van der Waals surface area contributed by atoms with Crippen molar-refractivity contribution in [3.05, 3.63) is 54.1 Å². The first-order chi connectivity index (χ1) is 13.6. The van der Waals surface area contributed by atoms with Gasteiger partial charge in [-0.2, -0.15) is 0 Å². The first-order valence-electron chi connectivity index (χ1n) is 9.21. The van der Waals surface area contributed by atoms with Crippen LogP contribution in [-0.2, 0) is 11.3 Å². The second kappa shape index (κ2) is 14.0. The van der Waals surface area contributed by atoms with Crippen LogP contribution in [0.5, 0.6) is 11.5 Å². The minimum Gasteiger partial charge on any atom is -0.495 e. The topological polar surface area (TPSA) is 81.3 Å². The monoisotopic (exact) mass is 514 g/mol. The SMILES string of the molecule is COCCN(C)CCOc1cccc(CN=C(N)Nc2ccccc2OC)c1.I. The number of benzene rings is 2. The van der Waals surface area contributed by atoms with E-state index in [0.717, 1.165) is 30.1 Å². The fraction of sp³-hybridized carbons (Fsp3) is 0.381. The standard InChI is InChI=1S/C21H30N4O3.HI/c1-25(11-13-26-2)12-14-28-18-8-6-7-17(15-18)16-23-21(22)24-19-9-4-5-10-20(19)27-3;/h4-10,15H,11-14,16H2,1-3H3,(H3,22,23,24);1H. The smallest absolute Gasteiger partial charge is 0.193 e. The molecule has 0 aliphatic heterocycles. The summed E-state index contributed by atoms with van der Waals surface area (Å²) in [6.45, 7) is 3.51. The Kier molecular flexibility index (Phi) is 12.1. The fourth-order valence-corrected chi connectivity index (χ4v) is 2.51. The Morgan fingerprint density at radius 1 is 1.07 bits per heavy atom. The van der Waals surface area contributed by atoms with Gasteiger partial charge in [-0.3, -0.25) is 0 Å². The van der Waals surface area contributed by atoms with Crippen LogP contribution in [0.15, 0.2) is 53.5 Å². The lowest BCUT2D eigenvalue weighted by Crippen LogP contribution is -2.27. The van der Waals surface area contributed by atoms with Crippen LogP contribution in [0.1, 0.15) is 5.56 Å². The maximum Gasteiger partial charge on any atom is 0.193 e. The average molecular weight is 514 g/mol. The number of hydrogen-bond donors (Lipinski definition) is 2. The molecule has 2 aromatic rings. The summed E-state index contributed by atoms with van der Waals surface area (Å²) in [7, 11) is 5.37. The van der Waals surface area contributed by atoms with E-state index in [-0.39, 0.29) is 24.0 Å². The minimum absolute atomic E-state index is 0. The van der Waals surface area contributed by atoms with Crippen molar-refractivity contribution in [2.75, 3.05) is 52.9 Å². The predicted octanol–water partition coefficient (Wildman–Crippen LogP) is 3.20. The maximum absolute atomic E-state index is 6.00. The molecule has 0 aliphatic rings. The van der Waals surface area contributed by atoms with Crippen LogP contribution >= 0.6 is 24.0 Å². The van der Waals surface area contributed by atoms with Crippen LogP contribution in [0, 0.1) is 0 Å². The van der Waals surface area contributed by atoms with Crippen LogP contribution in [0.25, 0.3) is 0 Å². The molecule has 0 fully saturated rings. The molecule has 0 atom stereocenters. The lowest BCUT2D eigenvalue weighted by Gasteiger charge is -2.16. The van der Waals surface area contributed by atoms with Gasteiger partial charge in [-0.1, -0.05) is 24.3 Å². The lowest BCUT2D eigenvalue weighted by atomic mass is 10.2. The van der Waals surface area contributed by atoms with Crippen molar-refractivity contribution in [3.63, 3.8) is 0 Å². The number of anilines is 1. The van der Waals surface area contributed by atoms with Gasteiger partial charge in [0, 0.05) is 20.2 Å². The molecule has 0 saturated heterocycles. The van der Waals surface area contributed by atoms with Crippen molar-refractivity contribution < 1.29 is 14.2 Å². The molecule has 29 heavy (non-hydrogen) atoms. The van der Waals surface area contributed by atoms with E-state index < -0.39 is 0 Å². The van der Waals surface area contributed by atoms with Crippen LogP contribution in [0.4, 0.5) is 5.69 Å². The zero-order valence-electron chi connectivity index (χ0n) is 17.3. The second-order valence-electron chi connectivity index (χ2n) is 6.32. The number of rotatable bonds is 11. The van der Waals surface area contributed by atoms with Crippen LogP contribution < -0.4 is 20.5 Å². The van der Waals surface area contributed by atoms with E-state index in [2.05, 4.69) is 15.2 Å². The van der Waals surface area contributed by atoms with Gasteiger partial charge in [0.1, 0.15) is 18.1 Å². The number of para-hydroxylation sites is 2. The number of ether oxygens (including phenoxy) is 3. The lowest BCUT2D eigenvalue weighted by molar-refractivity contribution is 0.150. The van der Waals surface area contributed by atoms with Crippen molar-refractivity contribution in [1.29, 1.82) is 0 Å². The van der Waals surface area contributed by atoms with Gasteiger partial charge in [0.25, 0.3) is 0 Å². The molecule has 0 unspecified atom stereocenters. The Balaban J connectivity index is 0.00000420. The first kappa shape index (κ1) is 25.0. The molecule has 0 aromatic heterocycles. The number of methoxy groups -OCH3 is 2. The summed E-state index contributed by atoms with van der Waals surface area (Å²) in [6, 6.07) is 15.4. The van der Waals surface area contributed by atoms with Gasteiger partial charge in [0.15, 0.2) is 5.96 Å². The van der Waals surface area contributed by atoms with E-state index in [9.17, 15) is 0 Å². The number of hydrogen-bond acceptors (Lipinski definition) is 5. The normalized spacial score (nSPS) is 11.1. The number of aliphatic imine (C=N–C) groups is 1. The largest absolute Gasteiger partial charge is 0.495 e. The summed E-state index contributed by atoms with van der Waals surface area (Å²) < 4.78 is 16.2. The Bertz CT molecular complexity index is 758. The van der Waals surface area contributed by atoms with Gasteiger partial charge in [0.2, 0.25) is 0 Å². The van der Waals surface area contributed by atoms with Gasteiger partial charge in [-0.25, -0.2) is 4.99 Å². The molecule has 2 aromatic carbocycles. The fourth-order valence-electron chi connectivity index (χ4n) is 2.51. The molecule has 0 bridgehead atoms. The Labute approximate surface area is 190 Å². The Hall–Kier alpha value is -2.04. The molecular weight excluding hydrogens is 483 g/mol. The van der Waals surface area contributed by atoms with Crippen molar-refractivity contribution in [1.82, 2.24) is 4.90 Å². The molecule has 0 amide bonds. The molecule has 7 nitrogen and oxygen atoms in total. The van der Waals surface area contributed by atoms with Gasteiger partial charge in [-0.15, -0.1) is 24.0 Å². The molecule has 0 saturated carbocycles. The number of likely N-dealkylation sites (N-methyl/N-ethyl adjacent to an activating group) is 1. The molecule has 0 radical (unpaired) electrons. The highest BCUT2D eigenvalue weighted by molar-refractivity contribution is 14.0. The highest BCUT2D eigenvalue weighted by atomic mass is 127. The summed E-state index contributed by atoms with van der Waals surface area (Å²) in [4.78, 5) is 6.57. The quantitative estimate of drug-likeness (QED) is 0.273. The van der Waals surface area contributed by atoms with Crippen molar-refractivity contribution in [3.8, 4) is 11.5 Å². The Morgan fingerprint density at radius 3 is 2.59 bits per heavy atom.